The second-order valence-electron chi connectivity index (χ2n) is 5.21. The van der Waals surface area contributed by atoms with Gasteiger partial charge in [-0.1, -0.05) is 36.4 Å². The van der Waals surface area contributed by atoms with Crippen molar-refractivity contribution in [2.24, 2.45) is 0 Å². The molecule has 2 aliphatic heterocycles. The number of benzene rings is 2. The molecule has 0 amide bonds. The van der Waals surface area contributed by atoms with Crippen molar-refractivity contribution < 1.29 is 14.6 Å². The van der Waals surface area contributed by atoms with Crippen molar-refractivity contribution in [3.8, 4) is 11.5 Å². The van der Waals surface area contributed by atoms with E-state index in [1.807, 2.05) is 48.5 Å². The van der Waals surface area contributed by atoms with E-state index in [1.165, 1.54) is 0 Å². The van der Waals surface area contributed by atoms with Gasteiger partial charge in [0.05, 0.1) is 0 Å². The molecule has 0 radical (unpaired) electrons. The molecular formula is C16H14O3. The standard InChI is InChI=1S/C16H14O3/c17-16-9-11-5-1-3-7-13(11)19-15(16)12-6-2-4-8-14(12)18-10-16/h1-8,15,17H,9-10H2. The Labute approximate surface area is 111 Å². The minimum Gasteiger partial charge on any atom is -0.490 e. The van der Waals surface area contributed by atoms with Crippen LogP contribution in [0.5, 0.6) is 11.5 Å². The van der Waals surface area contributed by atoms with Crippen LogP contribution in [0.15, 0.2) is 48.5 Å². The molecule has 0 saturated carbocycles. The first kappa shape index (κ1) is 10.9. The van der Waals surface area contributed by atoms with Crippen LogP contribution in [0.3, 0.4) is 0 Å². The molecule has 0 saturated heterocycles. The van der Waals surface area contributed by atoms with Crippen LogP contribution in [0, 0.1) is 0 Å². The first-order valence-corrected chi connectivity index (χ1v) is 6.45. The highest BCUT2D eigenvalue weighted by Gasteiger charge is 2.48. The number of para-hydroxylation sites is 2. The van der Waals surface area contributed by atoms with Crippen molar-refractivity contribution in [2.75, 3.05) is 6.61 Å². The number of fused-ring (bicyclic) bond motifs is 4. The van der Waals surface area contributed by atoms with Gasteiger partial charge in [0.25, 0.3) is 0 Å². The highest BCUT2D eigenvalue weighted by molar-refractivity contribution is 5.45. The molecule has 0 aliphatic carbocycles. The predicted molar refractivity (Wildman–Crippen MR) is 70.4 cm³/mol. The summed E-state index contributed by atoms with van der Waals surface area (Å²) in [4.78, 5) is 0. The maximum absolute atomic E-state index is 10.8. The van der Waals surface area contributed by atoms with Crippen molar-refractivity contribution in [1.29, 1.82) is 0 Å². The summed E-state index contributed by atoms with van der Waals surface area (Å²) in [6.07, 6.45) is 0.203. The molecule has 2 aromatic rings. The Hall–Kier alpha value is -2.00. The highest BCUT2D eigenvalue weighted by atomic mass is 16.5. The zero-order chi connectivity index (χ0) is 12.9. The van der Waals surface area contributed by atoms with Crippen LogP contribution in [0.25, 0.3) is 0 Å². The molecule has 2 aliphatic rings. The monoisotopic (exact) mass is 254 g/mol. The molecule has 96 valence electrons. The van der Waals surface area contributed by atoms with Gasteiger partial charge in [-0.15, -0.1) is 0 Å². The quantitative estimate of drug-likeness (QED) is 0.785. The molecule has 1 N–H and O–H groups in total. The fraction of sp³-hybridized carbons (Fsp3) is 0.250. The van der Waals surface area contributed by atoms with Crippen LogP contribution in [-0.4, -0.2) is 17.3 Å². The van der Waals surface area contributed by atoms with E-state index in [0.29, 0.717) is 6.42 Å². The summed E-state index contributed by atoms with van der Waals surface area (Å²) in [6, 6.07) is 15.6. The lowest BCUT2D eigenvalue weighted by Gasteiger charge is -2.44. The van der Waals surface area contributed by atoms with Crippen LogP contribution >= 0.6 is 0 Å². The van der Waals surface area contributed by atoms with Crippen LogP contribution < -0.4 is 9.47 Å². The molecule has 0 spiro atoms. The van der Waals surface area contributed by atoms with E-state index in [9.17, 15) is 5.11 Å². The molecular weight excluding hydrogens is 240 g/mol. The molecule has 3 nitrogen and oxygen atoms in total. The third kappa shape index (κ3) is 1.55. The van der Waals surface area contributed by atoms with E-state index in [-0.39, 0.29) is 12.7 Å². The summed E-state index contributed by atoms with van der Waals surface area (Å²) in [5, 5.41) is 10.8. The van der Waals surface area contributed by atoms with Gasteiger partial charge in [-0.3, -0.25) is 0 Å². The van der Waals surface area contributed by atoms with Crippen molar-refractivity contribution in [3.05, 3.63) is 59.7 Å². The van der Waals surface area contributed by atoms with Crippen molar-refractivity contribution in [1.82, 2.24) is 0 Å². The van der Waals surface area contributed by atoms with E-state index in [1.54, 1.807) is 0 Å². The fourth-order valence-corrected chi connectivity index (χ4v) is 2.93. The van der Waals surface area contributed by atoms with Crippen LogP contribution in [0.1, 0.15) is 17.2 Å². The lowest BCUT2D eigenvalue weighted by Crippen LogP contribution is -2.51. The first-order valence-electron chi connectivity index (χ1n) is 6.45. The number of hydrogen-bond donors (Lipinski definition) is 1. The van der Waals surface area contributed by atoms with E-state index in [2.05, 4.69) is 0 Å². The Balaban J connectivity index is 1.85. The van der Waals surface area contributed by atoms with Crippen LogP contribution in [0.2, 0.25) is 0 Å². The molecule has 0 bridgehead atoms. The summed E-state index contributed by atoms with van der Waals surface area (Å²) in [7, 11) is 0. The molecule has 2 atom stereocenters. The van der Waals surface area contributed by atoms with Gasteiger partial charge in [0.15, 0.2) is 6.10 Å². The van der Waals surface area contributed by atoms with Crippen LogP contribution in [0.4, 0.5) is 0 Å². The van der Waals surface area contributed by atoms with Gasteiger partial charge >= 0.3 is 0 Å². The maximum Gasteiger partial charge on any atom is 0.160 e. The fourth-order valence-electron chi connectivity index (χ4n) is 2.93. The smallest absolute Gasteiger partial charge is 0.160 e. The average Bonchev–Trinajstić information content (AvgIpc) is 2.45. The highest BCUT2D eigenvalue weighted by Crippen LogP contribution is 2.46. The van der Waals surface area contributed by atoms with Gasteiger partial charge in [0.2, 0.25) is 0 Å². The lowest BCUT2D eigenvalue weighted by molar-refractivity contribution is -0.113. The molecule has 2 aromatic carbocycles. The number of aliphatic hydroxyl groups is 1. The minimum absolute atomic E-state index is 0.267. The van der Waals surface area contributed by atoms with Gasteiger partial charge < -0.3 is 14.6 Å². The van der Waals surface area contributed by atoms with Gasteiger partial charge in [-0.05, 0) is 17.7 Å². The van der Waals surface area contributed by atoms with Gasteiger partial charge in [-0.2, -0.15) is 0 Å². The Kier molecular flexibility index (Phi) is 2.15. The third-order valence-electron chi connectivity index (χ3n) is 3.88. The molecule has 3 heteroatoms. The van der Waals surface area contributed by atoms with Crippen molar-refractivity contribution in [2.45, 2.75) is 18.1 Å². The predicted octanol–water partition coefficient (Wildman–Crippen LogP) is 2.49. The SMILES string of the molecule is OC12COc3ccccc3C1Oc1ccccc1C2. The van der Waals surface area contributed by atoms with Gasteiger partial charge in [-0.25, -0.2) is 0 Å². The van der Waals surface area contributed by atoms with Crippen LogP contribution in [-0.2, 0) is 6.42 Å². The van der Waals surface area contributed by atoms with E-state index >= 15 is 0 Å². The first-order chi connectivity index (χ1) is 9.26. The Bertz CT molecular complexity index is 637. The summed E-state index contributed by atoms with van der Waals surface area (Å²) in [5.74, 6) is 1.66. The van der Waals surface area contributed by atoms with Crippen molar-refractivity contribution in [3.63, 3.8) is 0 Å². The molecule has 19 heavy (non-hydrogen) atoms. The topological polar surface area (TPSA) is 38.7 Å². The Morgan fingerprint density at radius 2 is 1.74 bits per heavy atom. The zero-order valence-corrected chi connectivity index (χ0v) is 10.4. The molecule has 0 aromatic heterocycles. The minimum atomic E-state index is -0.983. The number of ether oxygens (including phenoxy) is 2. The third-order valence-corrected chi connectivity index (χ3v) is 3.88. The van der Waals surface area contributed by atoms with E-state index in [0.717, 1.165) is 22.6 Å². The zero-order valence-electron chi connectivity index (χ0n) is 10.4. The summed E-state index contributed by atoms with van der Waals surface area (Å²) in [5.41, 5.74) is 0.970. The van der Waals surface area contributed by atoms with Crippen molar-refractivity contribution >= 4 is 0 Å². The van der Waals surface area contributed by atoms with E-state index in [4.69, 9.17) is 9.47 Å². The van der Waals surface area contributed by atoms with Gasteiger partial charge in [0.1, 0.15) is 23.7 Å². The summed E-state index contributed by atoms with van der Waals surface area (Å²) in [6.45, 7) is 0.267. The summed E-state index contributed by atoms with van der Waals surface area (Å²) >= 11 is 0. The van der Waals surface area contributed by atoms with Gasteiger partial charge in [0, 0.05) is 12.0 Å². The second kappa shape index (κ2) is 3.75. The molecule has 2 unspecified atom stereocenters. The summed E-state index contributed by atoms with van der Waals surface area (Å²) < 4.78 is 11.7. The maximum atomic E-state index is 10.8. The molecule has 4 rings (SSSR count). The lowest BCUT2D eigenvalue weighted by atomic mass is 9.81. The number of rotatable bonds is 0. The Morgan fingerprint density at radius 1 is 1.00 bits per heavy atom. The Morgan fingerprint density at radius 3 is 2.63 bits per heavy atom. The second-order valence-corrected chi connectivity index (χ2v) is 5.21. The molecule has 0 fully saturated rings. The number of hydrogen-bond acceptors (Lipinski definition) is 3. The average molecular weight is 254 g/mol. The molecule has 2 heterocycles. The normalized spacial score (nSPS) is 27.3. The largest absolute Gasteiger partial charge is 0.490 e. The van der Waals surface area contributed by atoms with E-state index < -0.39 is 5.60 Å².